The van der Waals surface area contributed by atoms with Gasteiger partial charge in [-0.05, 0) is 74.5 Å². The third-order valence-electron chi connectivity index (χ3n) is 5.81. The van der Waals surface area contributed by atoms with Gasteiger partial charge in [-0.1, -0.05) is 25.5 Å². The van der Waals surface area contributed by atoms with Gasteiger partial charge in [0.1, 0.15) is 0 Å². The maximum atomic E-state index is 10.5. The van der Waals surface area contributed by atoms with Crippen molar-refractivity contribution in [3.05, 3.63) is 33.9 Å². The molecule has 2 N–H and O–H groups in total. The summed E-state index contributed by atoms with van der Waals surface area (Å²) in [5, 5.41) is 21.0. The molecule has 2 nitrogen and oxygen atoms in total. The average Bonchev–Trinajstić information content (AvgIpc) is 2.43. The molecule has 0 aliphatic heterocycles. The molecule has 0 radical (unpaired) electrons. The van der Waals surface area contributed by atoms with Crippen molar-refractivity contribution in [2.75, 3.05) is 0 Å². The molecule has 2 aliphatic rings. The first-order chi connectivity index (χ1) is 10.3. The van der Waals surface area contributed by atoms with Crippen LogP contribution in [0.15, 0.2) is 11.6 Å². The first-order valence-electron chi connectivity index (χ1n) is 8.56. The van der Waals surface area contributed by atoms with E-state index in [4.69, 9.17) is 0 Å². The van der Waals surface area contributed by atoms with Crippen molar-refractivity contribution < 1.29 is 10.2 Å². The molecule has 2 heteroatoms. The molecule has 0 spiro atoms. The predicted molar refractivity (Wildman–Crippen MR) is 90.9 cm³/mol. The monoisotopic (exact) mass is 300 g/mol. The number of rotatable bonds is 1. The van der Waals surface area contributed by atoms with Crippen molar-refractivity contribution >= 4 is 0 Å². The second-order valence-corrected chi connectivity index (χ2v) is 7.71. The number of hydrogen-bond donors (Lipinski definition) is 2. The number of allylic oxidation sites excluding steroid dienone is 2. The zero-order chi connectivity index (χ0) is 16.2. The van der Waals surface area contributed by atoms with Crippen LogP contribution in [0.25, 0.3) is 0 Å². The third-order valence-corrected chi connectivity index (χ3v) is 5.81. The van der Waals surface area contributed by atoms with E-state index < -0.39 is 0 Å². The smallest absolute Gasteiger partial charge is 0.161 e. The Labute approximate surface area is 133 Å². The molecular formula is C20H28O2. The van der Waals surface area contributed by atoms with Crippen LogP contribution in [0.4, 0.5) is 0 Å². The van der Waals surface area contributed by atoms with E-state index in [1.54, 1.807) is 0 Å². The Balaban J connectivity index is 2.33. The normalized spacial score (nSPS) is 29.9. The molecule has 4 atom stereocenters. The van der Waals surface area contributed by atoms with Gasteiger partial charge in [-0.15, -0.1) is 0 Å². The topological polar surface area (TPSA) is 40.5 Å². The van der Waals surface area contributed by atoms with Gasteiger partial charge in [-0.25, -0.2) is 0 Å². The molecule has 120 valence electrons. The molecule has 0 bridgehead atoms. The Hall–Kier alpha value is -1.44. The standard InChI is InChI=1S/C20H28O2/c1-10(2)8-14-9-12(4)15-7-6-11(3)16-18(15)17(14)13(5)19(21)20(16)22/h8,11-12,14-15,21-22H,6-7,9H2,1-5H3/t11-,12+,14+,15-/m1/s1. The van der Waals surface area contributed by atoms with Crippen LogP contribution in [-0.4, -0.2) is 10.2 Å². The van der Waals surface area contributed by atoms with E-state index in [9.17, 15) is 10.2 Å². The van der Waals surface area contributed by atoms with E-state index in [0.717, 1.165) is 24.0 Å². The van der Waals surface area contributed by atoms with E-state index >= 15 is 0 Å². The minimum atomic E-state index is 0.1000. The van der Waals surface area contributed by atoms with Gasteiger partial charge in [0.15, 0.2) is 11.5 Å². The lowest BCUT2D eigenvalue weighted by atomic mass is 9.62. The van der Waals surface area contributed by atoms with Crippen molar-refractivity contribution in [3.63, 3.8) is 0 Å². The van der Waals surface area contributed by atoms with Gasteiger partial charge in [-0.2, -0.15) is 0 Å². The zero-order valence-electron chi connectivity index (χ0n) is 14.4. The van der Waals surface area contributed by atoms with E-state index in [0.29, 0.717) is 23.7 Å². The summed E-state index contributed by atoms with van der Waals surface area (Å²) in [6.45, 7) is 10.8. The van der Waals surface area contributed by atoms with E-state index in [2.05, 4.69) is 33.8 Å². The van der Waals surface area contributed by atoms with Crippen molar-refractivity contribution in [2.24, 2.45) is 5.92 Å². The van der Waals surface area contributed by atoms with E-state index in [1.165, 1.54) is 23.1 Å². The Kier molecular flexibility index (Phi) is 3.74. The molecule has 0 unspecified atom stereocenters. The minimum Gasteiger partial charge on any atom is -0.504 e. The lowest BCUT2D eigenvalue weighted by molar-refractivity contribution is 0.318. The van der Waals surface area contributed by atoms with Crippen LogP contribution < -0.4 is 0 Å². The van der Waals surface area contributed by atoms with Crippen molar-refractivity contribution in [1.82, 2.24) is 0 Å². The Bertz CT molecular complexity index is 638. The molecule has 3 rings (SSSR count). The average molecular weight is 300 g/mol. The fourth-order valence-electron chi connectivity index (χ4n) is 4.81. The summed E-state index contributed by atoms with van der Waals surface area (Å²) < 4.78 is 0. The number of phenols is 2. The number of aromatic hydroxyl groups is 2. The lowest BCUT2D eigenvalue weighted by Gasteiger charge is -2.43. The van der Waals surface area contributed by atoms with Gasteiger partial charge in [0.2, 0.25) is 0 Å². The van der Waals surface area contributed by atoms with Crippen LogP contribution in [-0.2, 0) is 0 Å². The van der Waals surface area contributed by atoms with Crippen molar-refractivity contribution in [2.45, 2.75) is 71.6 Å². The first-order valence-corrected chi connectivity index (χ1v) is 8.56. The van der Waals surface area contributed by atoms with E-state index in [1.807, 2.05) is 6.92 Å². The molecule has 0 fully saturated rings. The van der Waals surface area contributed by atoms with Gasteiger partial charge in [0, 0.05) is 11.5 Å². The molecule has 0 aromatic heterocycles. The highest BCUT2D eigenvalue weighted by molar-refractivity contribution is 5.63. The summed E-state index contributed by atoms with van der Waals surface area (Å²) in [5.74, 6) is 2.09. The summed E-state index contributed by atoms with van der Waals surface area (Å²) >= 11 is 0. The van der Waals surface area contributed by atoms with E-state index in [-0.39, 0.29) is 11.5 Å². The maximum absolute atomic E-state index is 10.5. The zero-order valence-corrected chi connectivity index (χ0v) is 14.4. The molecule has 0 saturated heterocycles. The second-order valence-electron chi connectivity index (χ2n) is 7.71. The van der Waals surface area contributed by atoms with Crippen LogP contribution in [0.1, 0.15) is 87.0 Å². The minimum absolute atomic E-state index is 0.1000. The van der Waals surface area contributed by atoms with Crippen LogP contribution in [0.3, 0.4) is 0 Å². The van der Waals surface area contributed by atoms with Gasteiger partial charge >= 0.3 is 0 Å². The highest BCUT2D eigenvalue weighted by Gasteiger charge is 2.40. The van der Waals surface area contributed by atoms with Gasteiger partial charge in [0.05, 0.1) is 0 Å². The fourth-order valence-corrected chi connectivity index (χ4v) is 4.81. The molecule has 2 aliphatic carbocycles. The SMILES string of the molecule is CC(C)=C[C@H]1C[C@H](C)[C@H]2CC[C@@H](C)c3c(O)c(O)c(C)c1c32. The number of phenolic OH excluding ortho intramolecular Hbond substituents is 2. The molecule has 1 aromatic rings. The second kappa shape index (κ2) is 5.33. The number of hydrogen-bond acceptors (Lipinski definition) is 2. The first kappa shape index (κ1) is 15.5. The summed E-state index contributed by atoms with van der Waals surface area (Å²) in [4.78, 5) is 0. The molecular weight excluding hydrogens is 272 g/mol. The summed E-state index contributed by atoms with van der Waals surface area (Å²) in [7, 11) is 0. The van der Waals surface area contributed by atoms with Gasteiger partial charge in [-0.3, -0.25) is 0 Å². The lowest BCUT2D eigenvalue weighted by Crippen LogP contribution is -2.28. The molecule has 0 heterocycles. The molecule has 0 amide bonds. The molecule has 1 aromatic carbocycles. The predicted octanol–water partition coefficient (Wildman–Crippen LogP) is 5.48. The molecule has 0 saturated carbocycles. The quantitative estimate of drug-likeness (QED) is 0.533. The highest BCUT2D eigenvalue weighted by atomic mass is 16.3. The summed E-state index contributed by atoms with van der Waals surface area (Å²) in [5.41, 5.74) is 5.87. The molecule has 22 heavy (non-hydrogen) atoms. The summed E-state index contributed by atoms with van der Waals surface area (Å²) in [6.07, 6.45) is 5.78. The van der Waals surface area contributed by atoms with Crippen LogP contribution in [0.2, 0.25) is 0 Å². The fraction of sp³-hybridized carbons (Fsp3) is 0.600. The summed E-state index contributed by atoms with van der Waals surface area (Å²) in [6, 6.07) is 0. The van der Waals surface area contributed by atoms with Crippen molar-refractivity contribution in [3.8, 4) is 11.5 Å². The van der Waals surface area contributed by atoms with Crippen LogP contribution in [0, 0.1) is 12.8 Å². The van der Waals surface area contributed by atoms with Gasteiger partial charge < -0.3 is 10.2 Å². The van der Waals surface area contributed by atoms with Crippen molar-refractivity contribution in [1.29, 1.82) is 0 Å². The Morgan fingerprint density at radius 2 is 1.68 bits per heavy atom. The maximum Gasteiger partial charge on any atom is 0.161 e. The largest absolute Gasteiger partial charge is 0.504 e. The van der Waals surface area contributed by atoms with Crippen LogP contribution in [0.5, 0.6) is 11.5 Å². The van der Waals surface area contributed by atoms with Crippen LogP contribution >= 0.6 is 0 Å². The Morgan fingerprint density at radius 3 is 2.32 bits per heavy atom. The van der Waals surface area contributed by atoms with Gasteiger partial charge in [0.25, 0.3) is 0 Å². The third kappa shape index (κ3) is 2.15. The Morgan fingerprint density at radius 1 is 1.00 bits per heavy atom. The highest BCUT2D eigenvalue weighted by Crippen LogP contribution is 2.57. The number of benzene rings is 1.